The molecule has 8 heteroatoms. The first-order valence-electron chi connectivity index (χ1n) is 5.49. The van der Waals surface area contributed by atoms with Crippen molar-refractivity contribution in [1.29, 1.82) is 0 Å². The zero-order valence-electron chi connectivity index (χ0n) is 10.2. The van der Waals surface area contributed by atoms with E-state index >= 15 is 0 Å². The first-order valence-corrected chi connectivity index (χ1v) is 6.67. The zero-order chi connectivity index (χ0) is 15.6. The first-order chi connectivity index (χ1) is 9.88. The summed E-state index contributed by atoms with van der Waals surface area (Å²) in [5.41, 5.74) is -0.513. The van der Waals surface area contributed by atoms with E-state index in [0.29, 0.717) is 4.47 Å². The van der Waals surface area contributed by atoms with Crippen molar-refractivity contribution in [3.63, 3.8) is 0 Å². The highest BCUT2D eigenvalue weighted by Gasteiger charge is 2.21. The number of carbonyl (C=O) groups is 1. The fraction of sp³-hybridized carbons (Fsp3) is 0. The van der Waals surface area contributed by atoms with Crippen LogP contribution in [-0.4, -0.2) is 10.9 Å². The molecule has 2 aromatic carbocycles. The SMILES string of the molecule is O=C(Oc1cc(F)ccc1[N+](=O)[O-])c1cc(Br)ccc1Cl. The molecule has 0 aliphatic carbocycles. The number of ether oxygens (including phenoxy) is 1. The molecule has 0 atom stereocenters. The number of nitrogens with zero attached hydrogens (tertiary/aromatic N) is 1. The number of rotatable bonds is 3. The third kappa shape index (κ3) is 3.56. The van der Waals surface area contributed by atoms with Crippen LogP contribution in [-0.2, 0) is 0 Å². The highest BCUT2D eigenvalue weighted by atomic mass is 79.9. The maximum absolute atomic E-state index is 13.2. The number of nitro groups is 1. The van der Waals surface area contributed by atoms with Gasteiger partial charge >= 0.3 is 11.7 Å². The van der Waals surface area contributed by atoms with Crippen molar-refractivity contribution in [2.75, 3.05) is 0 Å². The quantitative estimate of drug-likeness (QED) is 0.346. The lowest BCUT2D eigenvalue weighted by Crippen LogP contribution is -2.10. The van der Waals surface area contributed by atoms with Crippen molar-refractivity contribution < 1.29 is 18.8 Å². The number of benzene rings is 2. The molecule has 21 heavy (non-hydrogen) atoms. The molecule has 0 amide bonds. The molecular weight excluding hydrogens is 369 g/mol. The van der Waals surface area contributed by atoms with Gasteiger partial charge in [-0.2, -0.15) is 0 Å². The molecule has 2 aromatic rings. The fourth-order valence-electron chi connectivity index (χ4n) is 1.53. The molecule has 108 valence electrons. The van der Waals surface area contributed by atoms with E-state index in [2.05, 4.69) is 15.9 Å². The number of hydrogen-bond donors (Lipinski definition) is 0. The average Bonchev–Trinajstić information content (AvgIpc) is 2.41. The second-order valence-electron chi connectivity index (χ2n) is 3.88. The predicted molar refractivity (Wildman–Crippen MR) is 77.2 cm³/mol. The Morgan fingerprint density at radius 2 is 2.00 bits per heavy atom. The molecule has 0 saturated heterocycles. The Hall–Kier alpha value is -1.99. The van der Waals surface area contributed by atoms with Gasteiger partial charge < -0.3 is 4.74 Å². The maximum atomic E-state index is 13.2. The molecule has 0 saturated carbocycles. The molecule has 0 bridgehead atoms. The van der Waals surface area contributed by atoms with Gasteiger partial charge in [-0.1, -0.05) is 27.5 Å². The minimum Gasteiger partial charge on any atom is -0.415 e. The van der Waals surface area contributed by atoms with Gasteiger partial charge in [0.2, 0.25) is 5.75 Å². The van der Waals surface area contributed by atoms with Gasteiger partial charge in [-0.25, -0.2) is 9.18 Å². The molecule has 0 N–H and O–H groups in total. The summed E-state index contributed by atoms with van der Waals surface area (Å²) in [4.78, 5) is 22.1. The predicted octanol–water partition coefficient (Wildman–Crippen LogP) is 4.37. The van der Waals surface area contributed by atoms with E-state index in [-0.39, 0.29) is 10.6 Å². The molecular formula is C13H6BrClFNO4. The summed E-state index contributed by atoms with van der Waals surface area (Å²) in [5.74, 6) is -2.17. The van der Waals surface area contributed by atoms with Crippen molar-refractivity contribution in [3.05, 3.63) is 67.4 Å². The Bertz CT molecular complexity index is 738. The monoisotopic (exact) mass is 373 g/mol. The smallest absolute Gasteiger partial charge is 0.345 e. The van der Waals surface area contributed by atoms with E-state index in [4.69, 9.17) is 16.3 Å². The highest BCUT2D eigenvalue weighted by molar-refractivity contribution is 9.10. The maximum Gasteiger partial charge on any atom is 0.345 e. The minimum absolute atomic E-state index is 0.00426. The number of halogens is 3. The van der Waals surface area contributed by atoms with Gasteiger partial charge in [0.15, 0.2) is 0 Å². The number of esters is 1. The van der Waals surface area contributed by atoms with Crippen LogP contribution < -0.4 is 4.74 Å². The normalized spacial score (nSPS) is 10.2. The summed E-state index contributed by atoms with van der Waals surface area (Å²) >= 11 is 9.03. The summed E-state index contributed by atoms with van der Waals surface area (Å²) in [6, 6.07) is 7.06. The van der Waals surface area contributed by atoms with Crippen molar-refractivity contribution in [3.8, 4) is 5.75 Å². The van der Waals surface area contributed by atoms with Crippen molar-refractivity contribution in [1.82, 2.24) is 0 Å². The van der Waals surface area contributed by atoms with Gasteiger partial charge in [-0.05, 0) is 24.3 Å². The van der Waals surface area contributed by atoms with Gasteiger partial charge in [0.1, 0.15) is 5.82 Å². The summed E-state index contributed by atoms with van der Waals surface area (Å²) < 4.78 is 18.6. The minimum atomic E-state index is -0.921. The van der Waals surface area contributed by atoms with Crippen LogP contribution in [0.3, 0.4) is 0 Å². The number of hydrogen-bond acceptors (Lipinski definition) is 4. The van der Waals surface area contributed by atoms with E-state index in [9.17, 15) is 19.3 Å². The third-order valence-electron chi connectivity index (χ3n) is 2.47. The topological polar surface area (TPSA) is 69.4 Å². The Morgan fingerprint density at radius 1 is 1.29 bits per heavy atom. The van der Waals surface area contributed by atoms with Gasteiger partial charge in [0, 0.05) is 16.6 Å². The van der Waals surface area contributed by atoms with Crippen molar-refractivity contribution >= 4 is 39.2 Å². The number of carbonyl (C=O) groups excluding carboxylic acids is 1. The van der Waals surface area contributed by atoms with Gasteiger partial charge in [0.25, 0.3) is 0 Å². The van der Waals surface area contributed by atoms with Crippen LogP contribution in [0.2, 0.25) is 5.02 Å². The van der Waals surface area contributed by atoms with E-state index in [1.54, 1.807) is 6.07 Å². The Kier molecular flexibility index (Phi) is 4.54. The van der Waals surface area contributed by atoms with Gasteiger partial charge in [0.05, 0.1) is 15.5 Å². The van der Waals surface area contributed by atoms with Gasteiger partial charge in [-0.3, -0.25) is 10.1 Å². The fourth-order valence-corrected chi connectivity index (χ4v) is 2.09. The third-order valence-corrected chi connectivity index (χ3v) is 3.29. The standard InChI is InChI=1S/C13H6BrClFNO4/c14-7-1-3-10(15)9(5-7)13(18)21-12-6-8(16)2-4-11(12)17(19)20/h1-6H. The van der Waals surface area contributed by atoms with Crippen LogP contribution in [0.4, 0.5) is 10.1 Å². The van der Waals surface area contributed by atoms with E-state index < -0.39 is 28.1 Å². The largest absolute Gasteiger partial charge is 0.415 e. The van der Waals surface area contributed by atoms with Gasteiger partial charge in [-0.15, -0.1) is 0 Å². The molecule has 0 aliphatic rings. The molecule has 0 unspecified atom stereocenters. The summed E-state index contributed by atoms with van der Waals surface area (Å²) in [6.07, 6.45) is 0. The average molecular weight is 375 g/mol. The van der Waals surface area contributed by atoms with Crippen LogP contribution in [0.1, 0.15) is 10.4 Å². The lowest BCUT2D eigenvalue weighted by Gasteiger charge is -2.07. The Balaban J connectivity index is 2.38. The van der Waals surface area contributed by atoms with Crippen LogP contribution in [0.5, 0.6) is 5.75 Å². The van der Waals surface area contributed by atoms with Crippen LogP contribution in [0.15, 0.2) is 40.9 Å². The zero-order valence-corrected chi connectivity index (χ0v) is 12.5. The lowest BCUT2D eigenvalue weighted by molar-refractivity contribution is -0.385. The summed E-state index contributed by atoms with van der Waals surface area (Å²) in [7, 11) is 0. The molecule has 0 radical (unpaired) electrons. The molecule has 0 heterocycles. The van der Waals surface area contributed by atoms with E-state index in [1.807, 2.05) is 0 Å². The van der Waals surface area contributed by atoms with Crippen LogP contribution in [0, 0.1) is 15.9 Å². The van der Waals surface area contributed by atoms with E-state index in [1.165, 1.54) is 12.1 Å². The van der Waals surface area contributed by atoms with Crippen LogP contribution in [0.25, 0.3) is 0 Å². The Morgan fingerprint density at radius 3 is 2.67 bits per heavy atom. The second kappa shape index (κ2) is 6.19. The first kappa shape index (κ1) is 15.4. The summed E-state index contributed by atoms with van der Waals surface area (Å²) in [5, 5.41) is 10.9. The van der Waals surface area contributed by atoms with Crippen LogP contribution >= 0.6 is 27.5 Å². The van der Waals surface area contributed by atoms with Crippen molar-refractivity contribution in [2.24, 2.45) is 0 Å². The Labute approximate surface area is 131 Å². The molecule has 0 spiro atoms. The van der Waals surface area contributed by atoms with Crippen molar-refractivity contribution in [2.45, 2.75) is 0 Å². The molecule has 0 aliphatic heterocycles. The van der Waals surface area contributed by atoms with E-state index in [0.717, 1.165) is 18.2 Å². The highest BCUT2D eigenvalue weighted by Crippen LogP contribution is 2.29. The lowest BCUT2D eigenvalue weighted by atomic mass is 10.2. The molecule has 2 rings (SSSR count). The number of nitro benzene ring substituents is 1. The summed E-state index contributed by atoms with van der Waals surface area (Å²) in [6.45, 7) is 0. The second-order valence-corrected chi connectivity index (χ2v) is 5.21. The molecule has 0 fully saturated rings. The molecule has 5 nitrogen and oxygen atoms in total. The molecule has 0 aromatic heterocycles.